The number of hydrogen-bond donors (Lipinski definition) is 1. The summed E-state index contributed by atoms with van der Waals surface area (Å²) < 4.78 is 0. The Labute approximate surface area is 107 Å². The Kier molecular flexibility index (Phi) is 4.07. The highest BCUT2D eigenvalue weighted by Crippen LogP contribution is 2.10. The van der Waals surface area contributed by atoms with E-state index in [4.69, 9.17) is 0 Å². The molecule has 3 nitrogen and oxygen atoms in total. The van der Waals surface area contributed by atoms with Gasteiger partial charge in [0, 0.05) is 12.6 Å². The number of aryl methyl sites for hydroxylation is 2. The van der Waals surface area contributed by atoms with Crippen LogP contribution in [-0.4, -0.2) is 10.9 Å². The monoisotopic (exact) mass is 240 g/mol. The van der Waals surface area contributed by atoms with Crippen LogP contribution in [0.3, 0.4) is 0 Å². The molecule has 0 aliphatic carbocycles. The van der Waals surface area contributed by atoms with E-state index in [2.05, 4.69) is 29.4 Å². The molecule has 0 atom stereocenters. The Morgan fingerprint density at radius 2 is 2.06 bits per heavy atom. The van der Waals surface area contributed by atoms with Crippen LogP contribution in [0.15, 0.2) is 48.8 Å². The van der Waals surface area contributed by atoms with E-state index in [1.807, 2.05) is 18.2 Å². The first kappa shape index (κ1) is 12.3. The zero-order valence-electron chi connectivity index (χ0n) is 10.4. The van der Waals surface area contributed by atoms with E-state index < -0.39 is 0 Å². The fourth-order valence-corrected chi connectivity index (χ4v) is 1.80. The maximum Gasteiger partial charge on any atom is 0.224 e. The molecule has 0 aliphatic rings. The van der Waals surface area contributed by atoms with Gasteiger partial charge in [0.15, 0.2) is 0 Å². The Morgan fingerprint density at radius 1 is 1.22 bits per heavy atom. The third kappa shape index (κ3) is 3.42. The average molecular weight is 240 g/mol. The van der Waals surface area contributed by atoms with Crippen LogP contribution in [0.25, 0.3) is 0 Å². The van der Waals surface area contributed by atoms with Gasteiger partial charge in [-0.15, -0.1) is 0 Å². The number of carbonyl (C=O) groups is 1. The lowest BCUT2D eigenvalue weighted by Gasteiger charge is -2.06. The van der Waals surface area contributed by atoms with Crippen LogP contribution >= 0.6 is 0 Å². The SMILES string of the molecule is Cc1ccccc1CCC(=O)Nc1cccnc1. The smallest absolute Gasteiger partial charge is 0.224 e. The van der Waals surface area contributed by atoms with E-state index in [0.29, 0.717) is 6.42 Å². The molecule has 0 spiro atoms. The Balaban J connectivity index is 1.88. The maximum absolute atomic E-state index is 11.8. The molecule has 3 heteroatoms. The van der Waals surface area contributed by atoms with Crippen LogP contribution in [0.1, 0.15) is 17.5 Å². The first-order valence-electron chi connectivity index (χ1n) is 6.00. The van der Waals surface area contributed by atoms with Gasteiger partial charge in [0.2, 0.25) is 5.91 Å². The number of amides is 1. The van der Waals surface area contributed by atoms with Crippen molar-refractivity contribution in [1.82, 2.24) is 4.98 Å². The predicted octanol–water partition coefficient (Wildman–Crippen LogP) is 2.96. The predicted molar refractivity (Wildman–Crippen MR) is 72.4 cm³/mol. The minimum Gasteiger partial charge on any atom is -0.325 e. The summed E-state index contributed by atoms with van der Waals surface area (Å²) in [6, 6.07) is 11.8. The molecular weight excluding hydrogens is 224 g/mol. The third-order valence-electron chi connectivity index (χ3n) is 2.83. The van der Waals surface area contributed by atoms with Crippen molar-refractivity contribution in [1.29, 1.82) is 0 Å². The van der Waals surface area contributed by atoms with Gasteiger partial charge < -0.3 is 5.32 Å². The van der Waals surface area contributed by atoms with Gasteiger partial charge in [-0.25, -0.2) is 0 Å². The summed E-state index contributed by atoms with van der Waals surface area (Å²) in [7, 11) is 0. The van der Waals surface area contributed by atoms with Crippen LogP contribution in [0.4, 0.5) is 5.69 Å². The van der Waals surface area contributed by atoms with E-state index in [-0.39, 0.29) is 5.91 Å². The van der Waals surface area contributed by atoms with Gasteiger partial charge >= 0.3 is 0 Å². The highest BCUT2D eigenvalue weighted by molar-refractivity contribution is 5.90. The fraction of sp³-hybridized carbons (Fsp3) is 0.200. The van der Waals surface area contributed by atoms with Crippen molar-refractivity contribution in [2.45, 2.75) is 19.8 Å². The number of aromatic nitrogens is 1. The number of carbonyl (C=O) groups excluding carboxylic acids is 1. The summed E-state index contributed by atoms with van der Waals surface area (Å²) in [6.45, 7) is 2.06. The largest absolute Gasteiger partial charge is 0.325 e. The first-order valence-corrected chi connectivity index (χ1v) is 6.00. The molecule has 0 aliphatic heterocycles. The maximum atomic E-state index is 11.8. The summed E-state index contributed by atoms with van der Waals surface area (Å²) in [5, 5.41) is 2.83. The van der Waals surface area contributed by atoms with Crippen molar-refractivity contribution in [3.05, 3.63) is 59.9 Å². The number of rotatable bonds is 4. The van der Waals surface area contributed by atoms with Crippen LogP contribution < -0.4 is 5.32 Å². The van der Waals surface area contributed by atoms with Gasteiger partial charge in [-0.05, 0) is 36.6 Å². The molecule has 0 radical (unpaired) electrons. The first-order chi connectivity index (χ1) is 8.75. The fourth-order valence-electron chi connectivity index (χ4n) is 1.80. The number of nitrogens with one attached hydrogen (secondary N) is 1. The van der Waals surface area contributed by atoms with Crippen LogP contribution in [0, 0.1) is 6.92 Å². The molecule has 0 unspecified atom stereocenters. The highest BCUT2D eigenvalue weighted by atomic mass is 16.1. The van der Waals surface area contributed by atoms with Crippen molar-refractivity contribution >= 4 is 11.6 Å². The summed E-state index contributed by atoms with van der Waals surface area (Å²) >= 11 is 0. The zero-order chi connectivity index (χ0) is 12.8. The lowest BCUT2D eigenvalue weighted by atomic mass is 10.0. The second-order valence-electron chi connectivity index (χ2n) is 4.22. The number of hydrogen-bond acceptors (Lipinski definition) is 2. The minimum atomic E-state index is 0.0197. The molecule has 18 heavy (non-hydrogen) atoms. The molecule has 0 saturated carbocycles. The third-order valence-corrected chi connectivity index (χ3v) is 2.83. The second kappa shape index (κ2) is 5.96. The van der Waals surface area contributed by atoms with E-state index in [1.54, 1.807) is 18.5 Å². The van der Waals surface area contributed by atoms with E-state index in [1.165, 1.54) is 11.1 Å². The molecule has 1 aromatic heterocycles. The summed E-state index contributed by atoms with van der Waals surface area (Å²) in [6.07, 6.45) is 4.58. The number of benzene rings is 1. The summed E-state index contributed by atoms with van der Waals surface area (Å²) in [4.78, 5) is 15.7. The molecule has 0 bridgehead atoms. The second-order valence-corrected chi connectivity index (χ2v) is 4.22. The normalized spacial score (nSPS) is 10.1. The average Bonchev–Trinajstić information content (AvgIpc) is 2.39. The molecule has 1 heterocycles. The molecule has 1 N–H and O–H groups in total. The molecule has 0 saturated heterocycles. The molecule has 1 amide bonds. The van der Waals surface area contributed by atoms with Crippen LogP contribution in [-0.2, 0) is 11.2 Å². The molecule has 92 valence electrons. The van der Waals surface area contributed by atoms with Gasteiger partial charge in [-0.2, -0.15) is 0 Å². The number of anilines is 1. The Bertz CT molecular complexity index is 523. The zero-order valence-corrected chi connectivity index (χ0v) is 10.4. The highest BCUT2D eigenvalue weighted by Gasteiger charge is 2.04. The van der Waals surface area contributed by atoms with Crippen molar-refractivity contribution in [2.75, 3.05) is 5.32 Å². The molecular formula is C15H16N2O. The molecule has 2 aromatic rings. The van der Waals surface area contributed by atoms with Crippen molar-refractivity contribution in [3.8, 4) is 0 Å². The molecule has 2 rings (SSSR count). The lowest BCUT2D eigenvalue weighted by molar-refractivity contribution is -0.116. The van der Waals surface area contributed by atoms with Gasteiger partial charge in [-0.1, -0.05) is 24.3 Å². The Hall–Kier alpha value is -2.16. The van der Waals surface area contributed by atoms with Crippen LogP contribution in [0.5, 0.6) is 0 Å². The lowest BCUT2D eigenvalue weighted by Crippen LogP contribution is -2.12. The van der Waals surface area contributed by atoms with Crippen molar-refractivity contribution in [2.24, 2.45) is 0 Å². The number of nitrogens with zero attached hydrogens (tertiary/aromatic N) is 1. The topological polar surface area (TPSA) is 42.0 Å². The van der Waals surface area contributed by atoms with Gasteiger partial charge in [0.1, 0.15) is 0 Å². The van der Waals surface area contributed by atoms with E-state index in [0.717, 1.165) is 12.1 Å². The molecule has 0 fully saturated rings. The summed E-state index contributed by atoms with van der Waals surface area (Å²) in [5.41, 5.74) is 3.19. The van der Waals surface area contributed by atoms with Gasteiger partial charge in [-0.3, -0.25) is 9.78 Å². The van der Waals surface area contributed by atoms with Gasteiger partial charge in [0.25, 0.3) is 0 Å². The van der Waals surface area contributed by atoms with E-state index >= 15 is 0 Å². The van der Waals surface area contributed by atoms with Crippen molar-refractivity contribution in [3.63, 3.8) is 0 Å². The summed E-state index contributed by atoms with van der Waals surface area (Å²) in [5.74, 6) is 0.0197. The van der Waals surface area contributed by atoms with Gasteiger partial charge in [0.05, 0.1) is 11.9 Å². The van der Waals surface area contributed by atoms with E-state index in [9.17, 15) is 4.79 Å². The minimum absolute atomic E-state index is 0.0197. The molecule has 1 aromatic carbocycles. The van der Waals surface area contributed by atoms with Crippen LogP contribution in [0.2, 0.25) is 0 Å². The van der Waals surface area contributed by atoms with Crippen molar-refractivity contribution < 1.29 is 4.79 Å². The standard InChI is InChI=1S/C15H16N2O/c1-12-5-2-3-6-13(12)8-9-15(18)17-14-7-4-10-16-11-14/h2-7,10-11H,8-9H2,1H3,(H,17,18). The number of pyridine rings is 1. The quantitative estimate of drug-likeness (QED) is 0.892. The Morgan fingerprint density at radius 3 is 2.78 bits per heavy atom.